The van der Waals surface area contributed by atoms with E-state index < -0.39 is 23.4 Å². The fraction of sp³-hybridized carbons (Fsp3) is 0.500. The molecule has 1 aliphatic carbocycles. The van der Waals surface area contributed by atoms with E-state index in [1.54, 1.807) is 0 Å². The first-order chi connectivity index (χ1) is 16.3. The summed E-state index contributed by atoms with van der Waals surface area (Å²) in [6.07, 6.45) is 4.90. The van der Waals surface area contributed by atoms with Gasteiger partial charge in [0.2, 0.25) is 0 Å². The highest BCUT2D eigenvalue weighted by atomic mass is 19.2. The highest BCUT2D eigenvalue weighted by Gasteiger charge is 2.47. The predicted octanol–water partition coefficient (Wildman–Crippen LogP) is 4.75. The normalized spacial score (nSPS) is 23.9. The largest absolute Gasteiger partial charge is 0.322 e. The molecule has 0 bridgehead atoms. The monoisotopic (exact) mass is 475 g/mol. The number of carbonyl (C=O) groups excluding carboxylic acids is 1. The number of amides is 1. The summed E-state index contributed by atoms with van der Waals surface area (Å²) >= 11 is 0. The summed E-state index contributed by atoms with van der Waals surface area (Å²) in [7, 11) is 0. The molecule has 182 valence electrons. The van der Waals surface area contributed by atoms with Gasteiger partial charge in [-0.05, 0) is 67.7 Å². The minimum absolute atomic E-state index is 0.187. The first kappa shape index (κ1) is 23.3. The Labute approximate surface area is 196 Å². The lowest BCUT2D eigenvalue weighted by molar-refractivity contribution is -0.0503. The second-order valence-corrected chi connectivity index (χ2v) is 10.4. The van der Waals surface area contributed by atoms with Gasteiger partial charge in [-0.1, -0.05) is 0 Å². The molecule has 2 N–H and O–H groups in total. The molecule has 2 aromatic rings. The molecule has 0 unspecified atom stereocenters. The molecule has 2 aromatic carbocycles. The Morgan fingerprint density at radius 2 is 1.59 bits per heavy atom. The number of nitrogens with one attached hydrogen (secondary N) is 2. The molecule has 5 rings (SSSR count). The summed E-state index contributed by atoms with van der Waals surface area (Å²) in [5, 5.41) is 5.71. The van der Waals surface area contributed by atoms with Crippen molar-refractivity contribution in [3.05, 3.63) is 64.7 Å². The lowest BCUT2D eigenvalue weighted by Gasteiger charge is -2.57. The van der Waals surface area contributed by atoms with Gasteiger partial charge in [0, 0.05) is 61.5 Å². The van der Waals surface area contributed by atoms with Gasteiger partial charge in [0.25, 0.3) is 5.91 Å². The van der Waals surface area contributed by atoms with Crippen LogP contribution in [0.15, 0.2) is 30.3 Å². The maximum Gasteiger partial charge on any atom is 0.255 e. The molecular weight excluding hydrogens is 446 g/mol. The molecule has 0 radical (unpaired) electrons. The molecule has 2 saturated heterocycles. The molecule has 2 heterocycles. The minimum atomic E-state index is -1.60. The van der Waals surface area contributed by atoms with Gasteiger partial charge in [0.05, 0.1) is 0 Å². The van der Waals surface area contributed by atoms with Crippen LogP contribution in [0, 0.1) is 40.5 Å². The zero-order valence-electron chi connectivity index (χ0n) is 19.0. The SMILES string of the molecule is O=C(Nc1cc(F)c(F)c(F)c1)c1ccc(F)c(CC2CCC(CN3CC4(CNC4)C3)CC2)c1. The molecule has 3 aliphatic rings. The number of carbonyl (C=O) groups is 1. The first-order valence-electron chi connectivity index (χ1n) is 12.0. The highest BCUT2D eigenvalue weighted by molar-refractivity contribution is 6.04. The van der Waals surface area contributed by atoms with E-state index >= 15 is 0 Å². The van der Waals surface area contributed by atoms with Crippen LogP contribution < -0.4 is 10.6 Å². The standard InChI is InChI=1S/C26H29F4N3O/c27-21-6-5-18(25(34)32-20-9-22(28)24(30)23(29)10-20)8-19(21)7-16-1-3-17(4-2-16)11-33-14-26(15-33)12-31-13-26/h5-6,8-10,16-17,31H,1-4,7,11-15H2,(H,32,34). The second kappa shape index (κ2) is 9.30. The Hall–Kier alpha value is -2.45. The molecule has 1 amide bonds. The first-order valence-corrected chi connectivity index (χ1v) is 12.0. The van der Waals surface area contributed by atoms with E-state index in [-0.39, 0.29) is 17.1 Å². The number of likely N-dealkylation sites (tertiary alicyclic amines) is 1. The van der Waals surface area contributed by atoms with Crippen molar-refractivity contribution >= 4 is 11.6 Å². The predicted molar refractivity (Wildman–Crippen MR) is 122 cm³/mol. The zero-order valence-corrected chi connectivity index (χ0v) is 19.0. The average molecular weight is 476 g/mol. The molecule has 0 atom stereocenters. The Morgan fingerprint density at radius 1 is 0.941 bits per heavy atom. The molecule has 2 aliphatic heterocycles. The van der Waals surface area contributed by atoms with Crippen molar-refractivity contribution in [1.29, 1.82) is 0 Å². The molecular formula is C26H29F4N3O. The van der Waals surface area contributed by atoms with Crippen LogP contribution in [-0.4, -0.2) is 43.5 Å². The van der Waals surface area contributed by atoms with Gasteiger partial charge >= 0.3 is 0 Å². The zero-order chi connectivity index (χ0) is 23.9. The van der Waals surface area contributed by atoms with Crippen molar-refractivity contribution in [1.82, 2.24) is 10.2 Å². The summed E-state index contributed by atoms with van der Waals surface area (Å²) in [4.78, 5) is 15.1. The maximum absolute atomic E-state index is 14.5. The third kappa shape index (κ3) is 4.84. The summed E-state index contributed by atoms with van der Waals surface area (Å²) in [5.41, 5.74) is 1.000. The fourth-order valence-electron chi connectivity index (χ4n) is 5.73. The Kier molecular flexibility index (Phi) is 6.37. The lowest BCUT2D eigenvalue weighted by atomic mass is 9.73. The summed E-state index contributed by atoms with van der Waals surface area (Å²) in [6.45, 7) is 5.87. The van der Waals surface area contributed by atoms with Crippen LogP contribution in [0.3, 0.4) is 0 Å². The number of hydrogen-bond donors (Lipinski definition) is 2. The fourth-order valence-corrected chi connectivity index (χ4v) is 5.73. The van der Waals surface area contributed by atoms with Crippen LogP contribution in [0.25, 0.3) is 0 Å². The Morgan fingerprint density at radius 3 is 2.21 bits per heavy atom. The van der Waals surface area contributed by atoms with Crippen LogP contribution in [0.5, 0.6) is 0 Å². The third-order valence-corrected chi connectivity index (χ3v) is 7.66. The summed E-state index contributed by atoms with van der Waals surface area (Å²) < 4.78 is 54.5. The molecule has 0 aromatic heterocycles. The molecule has 1 spiro atoms. The highest BCUT2D eigenvalue weighted by Crippen LogP contribution is 2.37. The van der Waals surface area contributed by atoms with Gasteiger partial charge in [-0.2, -0.15) is 0 Å². The van der Waals surface area contributed by atoms with Crippen LogP contribution in [0.4, 0.5) is 23.2 Å². The topological polar surface area (TPSA) is 44.4 Å². The van der Waals surface area contributed by atoms with Crippen LogP contribution in [0.1, 0.15) is 41.6 Å². The average Bonchev–Trinajstić information content (AvgIpc) is 2.75. The van der Waals surface area contributed by atoms with Gasteiger partial charge in [0.1, 0.15) is 5.82 Å². The van der Waals surface area contributed by atoms with Crippen LogP contribution in [-0.2, 0) is 6.42 Å². The van der Waals surface area contributed by atoms with Gasteiger partial charge < -0.3 is 15.5 Å². The van der Waals surface area contributed by atoms with E-state index in [0.29, 0.717) is 41.4 Å². The van der Waals surface area contributed by atoms with E-state index in [2.05, 4.69) is 15.5 Å². The maximum atomic E-state index is 14.5. The van der Waals surface area contributed by atoms with Gasteiger partial charge in [-0.3, -0.25) is 4.79 Å². The molecule has 8 heteroatoms. The molecule has 1 saturated carbocycles. The molecule has 4 nitrogen and oxygen atoms in total. The van der Waals surface area contributed by atoms with Gasteiger partial charge in [0.15, 0.2) is 17.5 Å². The summed E-state index contributed by atoms with van der Waals surface area (Å²) in [5.74, 6) is -4.31. The van der Waals surface area contributed by atoms with Crippen molar-refractivity contribution in [2.75, 3.05) is 38.0 Å². The number of halogens is 4. The van der Waals surface area contributed by atoms with E-state index in [4.69, 9.17) is 0 Å². The smallest absolute Gasteiger partial charge is 0.255 e. The Balaban J connectivity index is 1.15. The van der Waals surface area contributed by atoms with Gasteiger partial charge in [-0.15, -0.1) is 0 Å². The second-order valence-electron chi connectivity index (χ2n) is 10.4. The summed E-state index contributed by atoms with van der Waals surface area (Å²) in [6, 6.07) is 5.50. The van der Waals surface area contributed by atoms with Gasteiger partial charge in [-0.25, -0.2) is 17.6 Å². The van der Waals surface area contributed by atoms with Crippen LogP contribution >= 0.6 is 0 Å². The van der Waals surface area contributed by atoms with Crippen LogP contribution in [0.2, 0.25) is 0 Å². The van der Waals surface area contributed by atoms with Crippen molar-refractivity contribution in [3.8, 4) is 0 Å². The Bertz CT molecular complexity index is 1050. The lowest BCUT2D eigenvalue weighted by Crippen LogP contribution is -2.71. The number of nitrogens with zero attached hydrogens (tertiary/aromatic N) is 1. The van der Waals surface area contributed by atoms with E-state index in [1.165, 1.54) is 31.3 Å². The quantitative estimate of drug-likeness (QED) is 0.468. The van der Waals surface area contributed by atoms with Crippen molar-refractivity contribution in [2.24, 2.45) is 17.3 Å². The number of anilines is 1. The van der Waals surface area contributed by atoms with E-state index in [1.807, 2.05) is 0 Å². The molecule has 3 fully saturated rings. The molecule has 34 heavy (non-hydrogen) atoms. The van der Waals surface area contributed by atoms with E-state index in [9.17, 15) is 22.4 Å². The van der Waals surface area contributed by atoms with Crippen molar-refractivity contribution in [3.63, 3.8) is 0 Å². The number of benzene rings is 2. The van der Waals surface area contributed by atoms with Crippen molar-refractivity contribution < 1.29 is 22.4 Å². The number of rotatable bonds is 6. The minimum Gasteiger partial charge on any atom is -0.322 e. The van der Waals surface area contributed by atoms with E-state index in [0.717, 1.165) is 45.3 Å². The third-order valence-electron chi connectivity index (χ3n) is 7.66. The van der Waals surface area contributed by atoms with Crippen molar-refractivity contribution in [2.45, 2.75) is 32.1 Å². The number of hydrogen-bond acceptors (Lipinski definition) is 3.